The first-order chi connectivity index (χ1) is 12.0. The predicted molar refractivity (Wildman–Crippen MR) is 102 cm³/mol. The second kappa shape index (κ2) is 9.07. The molecule has 0 N–H and O–H groups in total. The van der Waals surface area contributed by atoms with Gasteiger partial charge in [0.2, 0.25) is 5.75 Å². The van der Waals surface area contributed by atoms with Crippen LogP contribution in [0.15, 0.2) is 17.0 Å². The highest BCUT2D eigenvalue weighted by Crippen LogP contribution is 2.40. The van der Waals surface area contributed by atoms with Gasteiger partial charge in [0.15, 0.2) is 11.5 Å². The van der Waals surface area contributed by atoms with Crippen LogP contribution in [-0.2, 0) is 9.53 Å². The lowest BCUT2D eigenvalue weighted by atomic mass is 10.1. The van der Waals surface area contributed by atoms with Crippen LogP contribution in [0.1, 0.15) is 12.0 Å². The Morgan fingerprint density at radius 3 is 2.28 bits per heavy atom. The van der Waals surface area contributed by atoms with Gasteiger partial charge in [0.1, 0.15) is 4.32 Å². The Bertz CT molecular complexity index is 665. The van der Waals surface area contributed by atoms with E-state index in [1.54, 1.807) is 51.5 Å². The quantitative estimate of drug-likeness (QED) is 0.389. The monoisotopic (exact) mass is 383 g/mol. The van der Waals surface area contributed by atoms with Gasteiger partial charge in [0, 0.05) is 20.3 Å². The summed E-state index contributed by atoms with van der Waals surface area (Å²) in [7, 11) is 6.28. The van der Waals surface area contributed by atoms with E-state index in [2.05, 4.69) is 0 Å². The van der Waals surface area contributed by atoms with Crippen LogP contribution in [0.5, 0.6) is 17.2 Å². The number of nitrogens with zero attached hydrogens (tertiary/aromatic N) is 1. The fourth-order valence-corrected chi connectivity index (χ4v) is 3.70. The molecule has 0 atom stereocenters. The molecule has 0 radical (unpaired) electrons. The number of hydrogen-bond donors (Lipinski definition) is 0. The number of benzene rings is 1. The van der Waals surface area contributed by atoms with Gasteiger partial charge in [0.25, 0.3) is 5.91 Å². The number of amides is 1. The Morgan fingerprint density at radius 1 is 1.12 bits per heavy atom. The number of hydrogen-bond acceptors (Lipinski definition) is 7. The molecule has 0 aliphatic carbocycles. The summed E-state index contributed by atoms with van der Waals surface area (Å²) in [5.41, 5.74) is 0.770. The summed E-state index contributed by atoms with van der Waals surface area (Å²) in [6.45, 7) is 1.13. The molecule has 2 rings (SSSR count). The average molecular weight is 383 g/mol. The van der Waals surface area contributed by atoms with E-state index in [-0.39, 0.29) is 5.91 Å². The smallest absolute Gasteiger partial charge is 0.266 e. The standard InChI is InChI=1S/C17H21NO5S2/c1-20-7-5-6-18-16(19)14(25-17(18)24)10-11-8-12(21-2)15(23-4)13(9-11)22-3/h8-10H,5-7H2,1-4H3/b14-10+. The van der Waals surface area contributed by atoms with Gasteiger partial charge in [-0.25, -0.2) is 0 Å². The fourth-order valence-electron chi connectivity index (χ4n) is 2.40. The lowest BCUT2D eigenvalue weighted by Crippen LogP contribution is -2.29. The van der Waals surface area contributed by atoms with Crippen molar-refractivity contribution in [1.29, 1.82) is 0 Å². The molecule has 1 aliphatic heterocycles. The summed E-state index contributed by atoms with van der Waals surface area (Å²) in [6, 6.07) is 3.58. The van der Waals surface area contributed by atoms with Crippen molar-refractivity contribution in [3.63, 3.8) is 0 Å². The first-order valence-corrected chi connectivity index (χ1v) is 8.82. The van der Waals surface area contributed by atoms with Crippen molar-refractivity contribution in [3.05, 3.63) is 22.6 Å². The molecule has 1 fully saturated rings. The molecule has 136 valence electrons. The van der Waals surface area contributed by atoms with Gasteiger partial charge < -0.3 is 18.9 Å². The highest BCUT2D eigenvalue weighted by Gasteiger charge is 2.31. The zero-order chi connectivity index (χ0) is 18.4. The van der Waals surface area contributed by atoms with E-state index in [4.69, 9.17) is 31.2 Å². The summed E-state index contributed by atoms with van der Waals surface area (Å²) in [5.74, 6) is 1.47. The molecular formula is C17H21NO5S2. The molecule has 1 aromatic rings. The van der Waals surface area contributed by atoms with Gasteiger partial charge in [-0.2, -0.15) is 0 Å². The molecule has 8 heteroatoms. The Kier molecular flexibility index (Phi) is 7.10. The largest absolute Gasteiger partial charge is 0.493 e. The Balaban J connectivity index is 2.28. The molecule has 1 aliphatic rings. The topological polar surface area (TPSA) is 57.2 Å². The number of rotatable bonds is 8. The van der Waals surface area contributed by atoms with Gasteiger partial charge in [-0.15, -0.1) is 0 Å². The highest BCUT2D eigenvalue weighted by molar-refractivity contribution is 8.26. The van der Waals surface area contributed by atoms with Crippen LogP contribution in [0.25, 0.3) is 6.08 Å². The van der Waals surface area contributed by atoms with E-state index in [1.807, 2.05) is 0 Å². The van der Waals surface area contributed by atoms with Crippen LogP contribution >= 0.6 is 24.0 Å². The number of methoxy groups -OCH3 is 4. The van der Waals surface area contributed by atoms with Gasteiger partial charge in [-0.3, -0.25) is 9.69 Å². The summed E-state index contributed by atoms with van der Waals surface area (Å²) in [6.07, 6.45) is 2.51. The Hall–Kier alpha value is -1.77. The van der Waals surface area contributed by atoms with E-state index in [1.165, 1.54) is 11.8 Å². The van der Waals surface area contributed by atoms with Crippen molar-refractivity contribution < 1.29 is 23.7 Å². The summed E-state index contributed by atoms with van der Waals surface area (Å²) >= 11 is 6.60. The number of carbonyl (C=O) groups is 1. The third-order valence-corrected chi connectivity index (χ3v) is 4.97. The van der Waals surface area contributed by atoms with Crippen molar-refractivity contribution >= 4 is 40.3 Å². The van der Waals surface area contributed by atoms with E-state index in [0.717, 1.165) is 12.0 Å². The second-order valence-corrected chi connectivity index (χ2v) is 6.81. The normalized spacial score (nSPS) is 15.8. The molecule has 0 saturated carbocycles. The Morgan fingerprint density at radius 2 is 1.76 bits per heavy atom. The van der Waals surface area contributed by atoms with Crippen molar-refractivity contribution in [3.8, 4) is 17.2 Å². The molecular weight excluding hydrogens is 362 g/mol. The van der Waals surface area contributed by atoms with Crippen LogP contribution in [0, 0.1) is 0 Å². The van der Waals surface area contributed by atoms with Gasteiger partial charge >= 0.3 is 0 Å². The first kappa shape index (κ1) is 19.6. The highest BCUT2D eigenvalue weighted by atomic mass is 32.2. The molecule has 1 aromatic carbocycles. The SMILES string of the molecule is COCCCN1C(=O)/C(=C\c2cc(OC)c(OC)c(OC)c2)SC1=S. The number of carbonyl (C=O) groups excluding carboxylic acids is 1. The molecule has 0 unspecified atom stereocenters. The van der Waals surface area contributed by atoms with Gasteiger partial charge in [-0.05, 0) is 30.2 Å². The van der Waals surface area contributed by atoms with Gasteiger partial charge in [-0.1, -0.05) is 24.0 Å². The second-order valence-electron chi connectivity index (χ2n) is 5.14. The van der Waals surface area contributed by atoms with Crippen LogP contribution in [-0.4, -0.2) is 56.7 Å². The fraction of sp³-hybridized carbons (Fsp3) is 0.412. The molecule has 1 amide bonds. The Labute approximate surface area is 157 Å². The molecule has 6 nitrogen and oxygen atoms in total. The first-order valence-electron chi connectivity index (χ1n) is 7.60. The molecule has 0 spiro atoms. The minimum absolute atomic E-state index is 0.0974. The van der Waals surface area contributed by atoms with Crippen LogP contribution < -0.4 is 14.2 Å². The molecule has 1 heterocycles. The van der Waals surface area contributed by atoms with Crippen LogP contribution in [0.2, 0.25) is 0 Å². The lowest BCUT2D eigenvalue weighted by Gasteiger charge is -2.14. The predicted octanol–water partition coefficient (Wildman–Crippen LogP) is 2.95. The molecule has 1 saturated heterocycles. The molecule has 0 aromatic heterocycles. The van der Waals surface area contributed by atoms with E-state index in [0.29, 0.717) is 39.6 Å². The summed E-state index contributed by atoms with van der Waals surface area (Å²) < 4.78 is 21.6. The number of ether oxygens (including phenoxy) is 4. The van der Waals surface area contributed by atoms with E-state index in [9.17, 15) is 4.79 Å². The zero-order valence-electron chi connectivity index (χ0n) is 14.7. The third kappa shape index (κ3) is 4.45. The minimum Gasteiger partial charge on any atom is -0.493 e. The van der Waals surface area contributed by atoms with Crippen molar-refractivity contribution in [2.45, 2.75) is 6.42 Å². The van der Waals surface area contributed by atoms with Crippen molar-refractivity contribution in [1.82, 2.24) is 4.90 Å². The molecule has 25 heavy (non-hydrogen) atoms. The average Bonchev–Trinajstić information content (AvgIpc) is 2.88. The van der Waals surface area contributed by atoms with Crippen molar-refractivity contribution in [2.24, 2.45) is 0 Å². The maximum atomic E-state index is 12.6. The number of thiocarbonyl (C=S) groups is 1. The molecule has 0 bridgehead atoms. The maximum absolute atomic E-state index is 12.6. The third-order valence-electron chi connectivity index (χ3n) is 3.59. The van der Waals surface area contributed by atoms with Crippen molar-refractivity contribution in [2.75, 3.05) is 41.6 Å². The summed E-state index contributed by atoms with van der Waals surface area (Å²) in [5, 5.41) is 0. The minimum atomic E-state index is -0.0974. The van der Waals surface area contributed by atoms with Crippen LogP contribution in [0.4, 0.5) is 0 Å². The zero-order valence-corrected chi connectivity index (χ0v) is 16.3. The van der Waals surface area contributed by atoms with E-state index < -0.39 is 0 Å². The maximum Gasteiger partial charge on any atom is 0.266 e. The van der Waals surface area contributed by atoms with Gasteiger partial charge in [0.05, 0.1) is 26.2 Å². The summed E-state index contributed by atoms with van der Waals surface area (Å²) in [4.78, 5) is 14.7. The lowest BCUT2D eigenvalue weighted by molar-refractivity contribution is -0.122. The van der Waals surface area contributed by atoms with E-state index >= 15 is 0 Å². The number of thioether (sulfide) groups is 1. The van der Waals surface area contributed by atoms with Crippen LogP contribution in [0.3, 0.4) is 0 Å².